The summed E-state index contributed by atoms with van der Waals surface area (Å²) in [7, 11) is 0. The molecule has 0 spiro atoms. The van der Waals surface area contributed by atoms with Crippen LogP contribution in [0.3, 0.4) is 0 Å². The number of hydrogen-bond donors (Lipinski definition) is 12. The first kappa shape index (κ1) is 42.9. The molecule has 0 saturated heterocycles. The van der Waals surface area contributed by atoms with Crippen LogP contribution in [0, 0.1) is 0 Å². The van der Waals surface area contributed by atoms with Crippen molar-refractivity contribution in [2.24, 2.45) is 68.8 Å². The van der Waals surface area contributed by atoms with Gasteiger partial charge in [0.25, 0.3) is 0 Å². The first-order valence-corrected chi connectivity index (χ1v) is 4.69. The van der Waals surface area contributed by atoms with Crippen LogP contribution in [-0.2, 0) is 17.4 Å². The molecule has 25 heavy (non-hydrogen) atoms. The van der Waals surface area contributed by atoms with Gasteiger partial charge in [0, 0.05) is 0 Å². The van der Waals surface area contributed by atoms with Crippen molar-refractivity contribution in [1.82, 2.24) is 0 Å². The predicted molar refractivity (Wildman–Crippen MR) is 82.6 cm³/mol. The molecule has 0 aromatic rings. The normalized spacial score (nSPS) is 5.76. The summed E-state index contributed by atoms with van der Waals surface area (Å²) in [6.07, 6.45) is 0. The van der Waals surface area contributed by atoms with Crippen molar-refractivity contribution in [2.45, 2.75) is 0 Å². The maximum Gasteiger partial charge on any atom is 3.00 e. The summed E-state index contributed by atoms with van der Waals surface area (Å²) in [5.74, 6) is 0. The van der Waals surface area contributed by atoms with Crippen LogP contribution >= 0.6 is 0 Å². The minimum atomic E-state index is -0.833. The molecule has 0 aliphatic heterocycles. The zero-order valence-electron chi connectivity index (χ0n) is 12.8. The van der Waals surface area contributed by atoms with Gasteiger partial charge in [-0.3, -0.25) is 0 Å². The summed E-state index contributed by atoms with van der Waals surface area (Å²) < 4.78 is 0. The summed E-state index contributed by atoms with van der Waals surface area (Å²) in [5, 5.41) is 0. The predicted octanol–water partition coefficient (Wildman–Crippen LogP) is -5.86. The Kier molecular flexibility index (Phi) is 63.3. The standard InChI is InChI=1S/6CH4N2O.Cr/c6*2-1(3)4;/h6*(H4,2,3,4);/q;;;;;;+3. The molecule has 147 valence electrons. The number of hydrogen-bond acceptors (Lipinski definition) is 6. The zero-order valence-corrected chi connectivity index (χ0v) is 14.1. The Hall–Kier alpha value is -3.85. The van der Waals surface area contributed by atoms with E-state index in [2.05, 4.69) is 68.8 Å². The van der Waals surface area contributed by atoms with Gasteiger partial charge in [-0.25, -0.2) is 28.8 Å². The third kappa shape index (κ3) is 449. The third-order valence-electron chi connectivity index (χ3n) is 0. The summed E-state index contributed by atoms with van der Waals surface area (Å²) in [5.41, 5.74) is 51.0. The van der Waals surface area contributed by atoms with Crippen molar-refractivity contribution in [3.8, 4) is 0 Å². The van der Waals surface area contributed by atoms with Gasteiger partial charge in [-0.05, 0) is 0 Å². The SMILES string of the molecule is NC(N)=O.NC(N)=O.NC(N)=O.NC(N)=O.NC(N)=O.NC(N)=O.[Cr+3]. The smallest absolute Gasteiger partial charge is 0.352 e. The zero-order chi connectivity index (χ0) is 21.5. The summed E-state index contributed by atoms with van der Waals surface area (Å²) in [4.78, 5) is 54.0. The number of carbonyl (C=O) groups is 6. The average molecular weight is 412 g/mol. The number of primary amides is 12. The van der Waals surface area contributed by atoms with Gasteiger partial charge in [-0.2, -0.15) is 0 Å². The van der Waals surface area contributed by atoms with E-state index in [1.807, 2.05) is 0 Å². The second-order valence-corrected chi connectivity index (χ2v) is 2.41. The minimum absolute atomic E-state index is 0. The average Bonchev–Trinajstić information content (AvgIpc) is 2.08. The molecule has 0 rings (SSSR count). The number of amides is 12. The van der Waals surface area contributed by atoms with Gasteiger partial charge in [-0.1, -0.05) is 0 Å². The molecule has 0 aliphatic rings. The van der Waals surface area contributed by atoms with E-state index in [4.69, 9.17) is 28.8 Å². The number of urea groups is 6. The van der Waals surface area contributed by atoms with Crippen LogP contribution in [0.1, 0.15) is 0 Å². The van der Waals surface area contributed by atoms with Crippen LogP contribution < -0.4 is 68.8 Å². The van der Waals surface area contributed by atoms with E-state index >= 15 is 0 Å². The van der Waals surface area contributed by atoms with Gasteiger partial charge in [0.15, 0.2) is 0 Å². The fraction of sp³-hybridized carbons (Fsp3) is 0. The molecule has 12 amide bonds. The second kappa shape index (κ2) is 36.9. The van der Waals surface area contributed by atoms with Gasteiger partial charge in [-0.15, -0.1) is 0 Å². The van der Waals surface area contributed by atoms with E-state index in [0.29, 0.717) is 0 Å². The number of rotatable bonds is 0. The molecular formula is C6H24CrN12O6+3. The molecule has 18 nitrogen and oxygen atoms in total. The van der Waals surface area contributed by atoms with E-state index in [0.717, 1.165) is 0 Å². The topological polar surface area (TPSA) is 415 Å². The Morgan fingerprint density at radius 2 is 0.280 bits per heavy atom. The van der Waals surface area contributed by atoms with Crippen molar-refractivity contribution in [3.05, 3.63) is 0 Å². The number of nitrogens with two attached hydrogens (primary N) is 12. The Labute approximate surface area is 152 Å². The molecule has 0 unspecified atom stereocenters. The Morgan fingerprint density at radius 3 is 0.280 bits per heavy atom. The quantitative estimate of drug-likeness (QED) is 0.183. The van der Waals surface area contributed by atoms with Gasteiger partial charge in [0.2, 0.25) is 0 Å². The monoisotopic (exact) mass is 412 g/mol. The van der Waals surface area contributed by atoms with Crippen molar-refractivity contribution in [3.63, 3.8) is 0 Å². The molecule has 0 atom stereocenters. The molecule has 19 heteroatoms. The Bertz CT molecular complexity index is 273. The minimum Gasteiger partial charge on any atom is -0.352 e. The molecule has 24 N–H and O–H groups in total. The van der Waals surface area contributed by atoms with Crippen LogP contribution in [-0.4, -0.2) is 36.2 Å². The van der Waals surface area contributed by atoms with Crippen molar-refractivity contribution >= 4 is 36.2 Å². The van der Waals surface area contributed by atoms with Crippen LogP contribution in [0.4, 0.5) is 28.8 Å². The summed E-state index contributed by atoms with van der Waals surface area (Å²) in [6.45, 7) is 0. The molecule has 0 saturated carbocycles. The molecule has 0 fully saturated rings. The van der Waals surface area contributed by atoms with Crippen LogP contribution in [0.25, 0.3) is 0 Å². The van der Waals surface area contributed by atoms with Gasteiger partial charge < -0.3 is 68.8 Å². The molecule has 0 aliphatic carbocycles. The van der Waals surface area contributed by atoms with Crippen LogP contribution in [0.5, 0.6) is 0 Å². The maximum atomic E-state index is 9.00. The number of carbonyl (C=O) groups excluding carboxylic acids is 6. The van der Waals surface area contributed by atoms with Crippen molar-refractivity contribution in [2.75, 3.05) is 0 Å². The molecule has 0 bridgehead atoms. The summed E-state index contributed by atoms with van der Waals surface area (Å²) >= 11 is 0. The first-order valence-electron chi connectivity index (χ1n) is 4.69. The van der Waals surface area contributed by atoms with Crippen molar-refractivity contribution in [1.29, 1.82) is 0 Å². The van der Waals surface area contributed by atoms with E-state index in [1.54, 1.807) is 0 Å². The van der Waals surface area contributed by atoms with Crippen molar-refractivity contribution < 1.29 is 46.1 Å². The van der Waals surface area contributed by atoms with E-state index in [-0.39, 0.29) is 17.4 Å². The van der Waals surface area contributed by atoms with Gasteiger partial charge in [0.1, 0.15) is 0 Å². The fourth-order valence-electron chi connectivity index (χ4n) is 0. The Balaban J connectivity index is -0.0000000309. The van der Waals surface area contributed by atoms with E-state index in [9.17, 15) is 0 Å². The van der Waals surface area contributed by atoms with Crippen LogP contribution in [0.2, 0.25) is 0 Å². The maximum absolute atomic E-state index is 9.00. The molecule has 0 aromatic carbocycles. The Morgan fingerprint density at radius 1 is 0.280 bits per heavy atom. The second-order valence-electron chi connectivity index (χ2n) is 2.41. The van der Waals surface area contributed by atoms with Gasteiger partial charge >= 0.3 is 53.5 Å². The van der Waals surface area contributed by atoms with Gasteiger partial charge in [0.05, 0.1) is 0 Å². The largest absolute Gasteiger partial charge is 3.00 e. The first-order chi connectivity index (χ1) is 10.4. The van der Waals surface area contributed by atoms with E-state index < -0.39 is 36.2 Å². The van der Waals surface area contributed by atoms with Crippen LogP contribution in [0.15, 0.2) is 0 Å². The van der Waals surface area contributed by atoms with E-state index in [1.165, 1.54) is 0 Å². The summed E-state index contributed by atoms with van der Waals surface area (Å²) in [6, 6.07) is -5.00. The molecule has 0 aromatic heterocycles. The molecule has 0 heterocycles. The molecule has 1 radical (unpaired) electrons. The third-order valence-corrected chi connectivity index (χ3v) is 0. The fourth-order valence-corrected chi connectivity index (χ4v) is 0. The molecular weight excluding hydrogens is 388 g/mol.